The molecule has 0 aliphatic carbocycles. The number of nitrogens with one attached hydrogen (secondary N) is 1. The Balaban J connectivity index is 1.06. The Morgan fingerprint density at radius 1 is 1.19 bits per heavy atom. The van der Waals surface area contributed by atoms with E-state index in [9.17, 15) is 14.4 Å². The van der Waals surface area contributed by atoms with Crippen molar-refractivity contribution < 1.29 is 23.2 Å². The van der Waals surface area contributed by atoms with Gasteiger partial charge in [0.2, 0.25) is 11.8 Å². The maximum Gasteiger partial charge on any atom is 0.255 e. The summed E-state index contributed by atoms with van der Waals surface area (Å²) in [6, 6.07) is 9.17. The van der Waals surface area contributed by atoms with Crippen LogP contribution in [-0.4, -0.2) is 63.0 Å². The molecule has 3 amide bonds. The number of nitrogens with zero attached hydrogens (tertiary/aromatic N) is 4. The van der Waals surface area contributed by atoms with Crippen molar-refractivity contribution in [2.24, 2.45) is 6.98 Å². The molecule has 1 spiro atoms. The maximum atomic E-state index is 13.2. The third kappa shape index (κ3) is 3.55. The minimum absolute atomic E-state index is 0.117. The second-order valence-electron chi connectivity index (χ2n) is 10.7. The molecular weight excluding hydrogens is 470 g/mol. The molecule has 190 valence electrons. The molecule has 0 unspecified atom stereocenters. The van der Waals surface area contributed by atoms with E-state index in [4.69, 9.17) is 8.85 Å². The van der Waals surface area contributed by atoms with E-state index in [1.165, 1.54) is 0 Å². The van der Waals surface area contributed by atoms with Crippen LogP contribution in [0.25, 0.3) is 10.9 Å². The first kappa shape index (κ1) is 19.4. The fourth-order valence-electron chi connectivity index (χ4n) is 6.45. The summed E-state index contributed by atoms with van der Waals surface area (Å²) >= 11 is 0. The van der Waals surface area contributed by atoms with Crippen LogP contribution in [0, 0.1) is 0 Å². The Morgan fingerprint density at radius 3 is 2.86 bits per heavy atom. The van der Waals surface area contributed by atoms with Gasteiger partial charge in [0.1, 0.15) is 11.8 Å². The van der Waals surface area contributed by atoms with Crippen LogP contribution in [-0.2, 0) is 35.1 Å². The van der Waals surface area contributed by atoms with Gasteiger partial charge < -0.3 is 9.64 Å². The number of amides is 3. The molecular formula is C28H29N5O4. The second-order valence-corrected chi connectivity index (χ2v) is 10.7. The Labute approximate surface area is 218 Å². The van der Waals surface area contributed by atoms with Gasteiger partial charge in [-0.2, -0.15) is 5.10 Å². The summed E-state index contributed by atoms with van der Waals surface area (Å²) in [5.74, 6) is -0.118. The first-order chi connectivity index (χ1) is 19.1. The fraction of sp³-hybridized carbons (Fsp3) is 0.429. The van der Waals surface area contributed by atoms with Gasteiger partial charge in [-0.05, 0) is 50.0 Å². The van der Waals surface area contributed by atoms with Crippen LogP contribution in [0.1, 0.15) is 56.8 Å². The van der Waals surface area contributed by atoms with E-state index in [0.717, 1.165) is 65.0 Å². The van der Waals surface area contributed by atoms with Crippen LogP contribution in [0.2, 0.25) is 0 Å². The number of hydrogen-bond acceptors (Lipinski definition) is 6. The molecule has 37 heavy (non-hydrogen) atoms. The number of imide groups is 1. The van der Waals surface area contributed by atoms with Crippen LogP contribution >= 0.6 is 0 Å². The summed E-state index contributed by atoms with van der Waals surface area (Å²) in [4.78, 5) is 41.2. The third-order valence-electron chi connectivity index (χ3n) is 8.52. The summed E-state index contributed by atoms with van der Waals surface area (Å²) < 4.78 is 30.1. The molecule has 0 radical (unpaired) electrons. The number of aromatic nitrogens is 2. The topological polar surface area (TPSA) is 96.8 Å². The highest BCUT2D eigenvalue weighted by molar-refractivity contribution is 6.05. The number of rotatable bonds is 3. The van der Waals surface area contributed by atoms with Gasteiger partial charge in [-0.15, -0.1) is 0 Å². The van der Waals surface area contributed by atoms with Gasteiger partial charge in [0.05, 0.1) is 18.7 Å². The van der Waals surface area contributed by atoms with Gasteiger partial charge in [-0.25, -0.2) is 0 Å². The molecule has 2 saturated heterocycles. The number of fused-ring (bicyclic) bond motifs is 5. The number of carbonyl (C=O) groups is 3. The normalized spacial score (nSPS) is 24.4. The molecule has 0 bridgehead atoms. The zero-order valence-corrected chi connectivity index (χ0v) is 20.3. The predicted octanol–water partition coefficient (Wildman–Crippen LogP) is 2.26. The Bertz CT molecular complexity index is 1570. The monoisotopic (exact) mass is 502 g/mol. The van der Waals surface area contributed by atoms with Crippen molar-refractivity contribution in [3.8, 4) is 5.75 Å². The van der Waals surface area contributed by atoms with Gasteiger partial charge in [0.15, 0.2) is 0 Å². The van der Waals surface area contributed by atoms with Crippen LogP contribution in [0.5, 0.6) is 5.75 Å². The zero-order valence-electron chi connectivity index (χ0n) is 23.3. The fourth-order valence-corrected chi connectivity index (χ4v) is 6.45. The lowest BCUT2D eigenvalue weighted by atomic mass is 9.74. The minimum atomic E-state index is -2.29. The van der Waals surface area contributed by atoms with Crippen LogP contribution in [0.15, 0.2) is 36.5 Å². The summed E-state index contributed by atoms with van der Waals surface area (Å²) in [5, 5.41) is 7.41. The standard InChI is InChI=1S/C28H29N5O4/c1-31-14-18-3-2-17(12-22(18)30-31)13-32-10-8-28(9-11-32)16-37-25-20-15-33(23-6-7-24(34)29-26(23)35)27(36)19(20)4-5-21(25)28/h2-5,12,14,23H,6-11,13,15-16H2,1H3,(H,29,34,35)/t23-/m0/s1/i1D3. The van der Waals surface area contributed by atoms with Crippen molar-refractivity contribution in [3.05, 3.63) is 58.8 Å². The lowest BCUT2D eigenvalue weighted by Crippen LogP contribution is -2.52. The summed E-state index contributed by atoms with van der Waals surface area (Å²) in [6.45, 7) is 1.09. The van der Waals surface area contributed by atoms with Gasteiger partial charge in [0, 0.05) is 57.7 Å². The number of piperidine rings is 2. The Kier molecular flexibility index (Phi) is 4.27. The number of aryl methyl sites for hydroxylation is 1. The van der Waals surface area contributed by atoms with Crippen molar-refractivity contribution in [2.45, 2.75) is 50.2 Å². The van der Waals surface area contributed by atoms with E-state index in [2.05, 4.69) is 15.3 Å². The summed E-state index contributed by atoms with van der Waals surface area (Å²) in [6.07, 6.45) is 3.95. The Morgan fingerprint density at radius 2 is 2.05 bits per heavy atom. The number of ether oxygens (including phenoxy) is 1. The zero-order chi connectivity index (χ0) is 27.8. The molecule has 5 heterocycles. The molecule has 0 saturated carbocycles. The number of benzene rings is 2. The van der Waals surface area contributed by atoms with Crippen molar-refractivity contribution in [3.63, 3.8) is 0 Å². The van der Waals surface area contributed by atoms with Gasteiger partial charge in [-0.3, -0.25) is 29.3 Å². The third-order valence-corrected chi connectivity index (χ3v) is 8.52. The SMILES string of the molecule is [2H]C([2H])([2H])n1cc2ccc(CN3CCC4(CC3)COc3c4ccc4c3CN([C@H]3CCC(=O)NC3=O)C4=O)cc2n1. The van der Waals surface area contributed by atoms with E-state index in [0.29, 0.717) is 30.7 Å². The van der Waals surface area contributed by atoms with Crippen molar-refractivity contribution in [2.75, 3.05) is 19.7 Å². The highest BCUT2D eigenvalue weighted by Crippen LogP contribution is 2.49. The highest BCUT2D eigenvalue weighted by atomic mass is 16.5. The van der Waals surface area contributed by atoms with Crippen LogP contribution in [0.3, 0.4) is 0 Å². The molecule has 1 aromatic heterocycles. The smallest absolute Gasteiger partial charge is 0.255 e. The molecule has 9 heteroatoms. The van der Waals surface area contributed by atoms with Gasteiger partial charge in [0.25, 0.3) is 5.91 Å². The van der Waals surface area contributed by atoms with Crippen molar-refractivity contribution in [1.82, 2.24) is 24.9 Å². The first-order valence-electron chi connectivity index (χ1n) is 14.3. The highest BCUT2D eigenvalue weighted by Gasteiger charge is 2.47. The second kappa shape index (κ2) is 8.14. The summed E-state index contributed by atoms with van der Waals surface area (Å²) in [5.41, 5.74) is 4.21. The molecule has 1 atom stereocenters. The van der Waals surface area contributed by atoms with Crippen molar-refractivity contribution >= 4 is 28.6 Å². The first-order valence-corrected chi connectivity index (χ1v) is 12.8. The van der Waals surface area contributed by atoms with E-state index in [-0.39, 0.29) is 23.7 Å². The minimum Gasteiger partial charge on any atom is -0.492 e. The number of hydrogen-bond donors (Lipinski definition) is 1. The summed E-state index contributed by atoms with van der Waals surface area (Å²) in [7, 11) is 0. The number of carbonyl (C=O) groups excluding carboxylic acids is 3. The molecule has 4 aliphatic rings. The Hall–Kier alpha value is -3.72. The van der Waals surface area contributed by atoms with E-state index >= 15 is 0 Å². The number of likely N-dealkylation sites (tertiary alicyclic amines) is 1. The quantitative estimate of drug-likeness (QED) is 0.552. The molecule has 1 N–H and O–H groups in total. The average Bonchev–Trinajstić information content (AvgIpc) is 3.60. The molecule has 2 fully saturated rings. The van der Waals surface area contributed by atoms with Crippen LogP contribution < -0.4 is 10.1 Å². The van der Waals surface area contributed by atoms with Crippen molar-refractivity contribution in [1.29, 1.82) is 0 Å². The molecule has 2 aromatic carbocycles. The van der Waals surface area contributed by atoms with E-state index in [1.807, 2.05) is 30.3 Å². The predicted molar refractivity (Wildman–Crippen MR) is 135 cm³/mol. The van der Waals surface area contributed by atoms with Crippen LogP contribution in [0.4, 0.5) is 0 Å². The lowest BCUT2D eigenvalue weighted by Gasteiger charge is -2.38. The molecule has 9 nitrogen and oxygen atoms in total. The largest absolute Gasteiger partial charge is 0.492 e. The lowest BCUT2D eigenvalue weighted by molar-refractivity contribution is -0.136. The maximum absolute atomic E-state index is 13.2. The van der Waals surface area contributed by atoms with E-state index in [1.54, 1.807) is 11.1 Å². The molecule has 3 aromatic rings. The van der Waals surface area contributed by atoms with Gasteiger partial charge in [-0.1, -0.05) is 18.2 Å². The average molecular weight is 503 g/mol. The molecule has 4 aliphatic heterocycles. The van der Waals surface area contributed by atoms with E-state index < -0.39 is 18.9 Å². The molecule has 7 rings (SSSR count). The van der Waals surface area contributed by atoms with Gasteiger partial charge >= 0.3 is 0 Å².